The van der Waals surface area contributed by atoms with Crippen LogP contribution in [-0.2, 0) is 46.0 Å². The fourth-order valence-electron chi connectivity index (χ4n) is 9.40. The second kappa shape index (κ2) is 21.9. The van der Waals surface area contributed by atoms with E-state index in [2.05, 4.69) is 41.0 Å². The van der Waals surface area contributed by atoms with E-state index < -0.39 is 47.0 Å². The first-order valence-corrected chi connectivity index (χ1v) is 25.9. The first-order valence-electron chi connectivity index (χ1n) is 25.2. The van der Waals surface area contributed by atoms with Gasteiger partial charge in [-0.3, -0.25) is 28.5 Å². The van der Waals surface area contributed by atoms with Crippen molar-refractivity contribution in [1.29, 1.82) is 0 Å². The van der Waals surface area contributed by atoms with Crippen molar-refractivity contribution < 1.29 is 28.7 Å². The maximum absolute atomic E-state index is 13.8. The molecule has 2 amide bonds. The Labute approximate surface area is 459 Å². The molecule has 78 heavy (non-hydrogen) atoms. The van der Waals surface area contributed by atoms with Crippen LogP contribution in [0.25, 0.3) is 55.4 Å². The molecule has 10 rings (SSSR count). The molecule has 10 aromatic rings. The Hall–Kier alpha value is -8.48. The summed E-state index contributed by atoms with van der Waals surface area (Å²) in [5, 5.41) is 26.9. The summed E-state index contributed by atoms with van der Waals surface area (Å²) >= 11 is 13.4. The Kier molecular flexibility index (Phi) is 15.2. The number of amides is 2. The van der Waals surface area contributed by atoms with Crippen LogP contribution in [0.3, 0.4) is 0 Å². The summed E-state index contributed by atoms with van der Waals surface area (Å²) in [6, 6.07) is 26.0. The predicted octanol–water partition coefficient (Wildman–Crippen LogP) is 10.6. The maximum Gasteiger partial charge on any atom is 0.312 e. The minimum Gasteiger partial charge on any atom is -0.460 e. The van der Waals surface area contributed by atoms with Crippen molar-refractivity contribution in [2.75, 3.05) is 0 Å². The molecule has 0 saturated carbocycles. The third-order valence-corrected chi connectivity index (χ3v) is 13.1. The molecule has 2 unspecified atom stereocenters. The normalized spacial score (nSPS) is 12.6. The summed E-state index contributed by atoms with van der Waals surface area (Å²) in [5.74, 6) is -1.78. The van der Waals surface area contributed by atoms with Crippen LogP contribution in [0.2, 0.25) is 10.0 Å². The number of aromatic nitrogens is 10. The zero-order valence-corrected chi connectivity index (χ0v) is 46.3. The number of fused-ring (bicyclic) bond motifs is 4. The average molecular weight is 1090 g/mol. The highest BCUT2D eigenvalue weighted by Gasteiger charge is 2.30. The molecule has 4 aromatic carbocycles. The van der Waals surface area contributed by atoms with Gasteiger partial charge in [0, 0.05) is 67.0 Å². The van der Waals surface area contributed by atoms with Crippen LogP contribution in [0, 0.1) is 0 Å². The highest BCUT2D eigenvalue weighted by molar-refractivity contribution is 6.36. The van der Waals surface area contributed by atoms with E-state index in [0.29, 0.717) is 21.3 Å². The molecule has 0 bridgehead atoms. The lowest BCUT2D eigenvalue weighted by Gasteiger charge is -2.21. The van der Waals surface area contributed by atoms with Crippen molar-refractivity contribution in [3.05, 3.63) is 166 Å². The zero-order valence-electron chi connectivity index (χ0n) is 44.8. The number of benzene rings is 4. The van der Waals surface area contributed by atoms with Gasteiger partial charge in [-0.25, -0.2) is 19.0 Å². The smallest absolute Gasteiger partial charge is 0.312 e. The fourth-order valence-corrected chi connectivity index (χ4v) is 9.91. The summed E-state index contributed by atoms with van der Waals surface area (Å²) in [4.78, 5) is 61.6. The monoisotopic (exact) mass is 1090 g/mol. The minimum absolute atomic E-state index is 0.167. The average Bonchev–Trinajstić information content (AvgIpc) is 4.24. The molecule has 6 aromatic heterocycles. The molecule has 0 saturated heterocycles. The number of nitrogens with zero attached hydrogens (tertiary/aromatic N) is 10. The maximum atomic E-state index is 13.8. The van der Waals surface area contributed by atoms with Crippen molar-refractivity contribution in [3.8, 4) is 22.3 Å². The summed E-state index contributed by atoms with van der Waals surface area (Å²) in [5.41, 5.74) is 7.38. The van der Waals surface area contributed by atoms with Gasteiger partial charge in [-0.1, -0.05) is 83.9 Å². The van der Waals surface area contributed by atoms with Gasteiger partial charge in [-0.15, -0.1) is 0 Å². The van der Waals surface area contributed by atoms with E-state index in [1.165, 1.54) is 9.03 Å². The van der Waals surface area contributed by atoms with Crippen molar-refractivity contribution in [2.45, 2.75) is 91.5 Å². The number of aryl methyl sites for hydroxylation is 2. The molecule has 0 aliphatic carbocycles. The highest BCUT2D eigenvalue weighted by atomic mass is 35.5. The number of rotatable bonds is 12. The van der Waals surface area contributed by atoms with Gasteiger partial charge in [0.25, 0.3) is 11.8 Å². The molecule has 0 radical (unpaired) electrons. The number of esters is 2. The van der Waals surface area contributed by atoms with Crippen molar-refractivity contribution in [1.82, 2.24) is 59.4 Å². The number of halogens is 2. The van der Waals surface area contributed by atoms with E-state index in [1.807, 2.05) is 107 Å². The second-order valence-corrected chi connectivity index (χ2v) is 21.6. The molecule has 2 N–H and O–H groups in total. The van der Waals surface area contributed by atoms with Crippen molar-refractivity contribution in [2.24, 2.45) is 14.1 Å². The molecule has 6 heterocycles. The summed E-state index contributed by atoms with van der Waals surface area (Å²) in [7, 11) is 3.71. The molecule has 0 aliphatic rings. The van der Waals surface area contributed by atoms with Crippen LogP contribution in [0.15, 0.2) is 122 Å². The van der Waals surface area contributed by atoms with Crippen LogP contribution in [-0.4, -0.2) is 83.7 Å². The lowest BCUT2D eigenvalue weighted by molar-refractivity contribution is -0.155. The quantitative estimate of drug-likeness (QED) is 0.110. The molecule has 0 aliphatic heterocycles. The van der Waals surface area contributed by atoms with Crippen molar-refractivity contribution in [3.63, 3.8) is 0 Å². The molecule has 20 heteroatoms. The Morgan fingerprint density at radius 2 is 1.06 bits per heavy atom. The molecule has 400 valence electrons. The van der Waals surface area contributed by atoms with Crippen LogP contribution < -0.4 is 10.6 Å². The minimum atomic E-state index is -0.664. The number of carbonyl (C=O) groups excluding carboxylic acids is 4. The number of nitrogens with one attached hydrogen (secondary N) is 2. The van der Waals surface area contributed by atoms with Gasteiger partial charge in [0.15, 0.2) is 11.3 Å². The lowest BCUT2D eigenvalue weighted by Crippen LogP contribution is -2.29. The van der Waals surface area contributed by atoms with E-state index >= 15 is 0 Å². The summed E-state index contributed by atoms with van der Waals surface area (Å²) < 4.78 is 17.5. The standard InChI is InChI=1S/2C29H29ClN6O3/c1-17(19-14-21(30)20-16-35(5)34-26(20)24(19)18-10-7-6-8-11-18)32-28(38)25-22(15-23(37)39-29(2,3)4)33-36-13-9-12-31-27(25)36;1-17(19-14-21(30)20-16-32-35(5)26(20)24(19)18-10-7-6-8-11-18)33-28(38)25-22(15-23(37)39-29(2,3)4)34-36-13-9-12-31-27(25)36/h6-14,16-17H,15H2,1-5H3,(H,32,38);6-14,16-17H,15H2,1-5H3,(H,33,38). The summed E-state index contributed by atoms with van der Waals surface area (Å²) in [6.45, 7) is 14.5. The van der Waals surface area contributed by atoms with Crippen LogP contribution in [0.5, 0.6) is 0 Å². The molecule has 2 atom stereocenters. The van der Waals surface area contributed by atoms with Gasteiger partial charge >= 0.3 is 11.9 Å². The highest BCUT2D eigenvalue weighted by Crippen LogP contribution is 2.41. The number of ether oxygens (including phenoxy) is 2. The first-order chi connectivity index (χ1) is 37.0. The van der Waals surface area contributed by atoms with Crippen LogP contribution >= 0.6 is 23.2 Å². The molecular formula is C58H58Cl2N12O6. The van der Waals surface area contributed by atoms with Gasteiger partial charge in [-0.2, -0.15) is 20.4 Å². The van der Waals surface area contributed by atoms with Gasteiger partial charge in [0.1, 0.15) is 27.8 Å². The number of carbonyl (C=O) groups is 4. The Bertz CT molecular complexity index is 3900. The van der Waals surface area contributed by atoms with Crippen LogP contribution in [0.4, 0.5) is 0 Å². The summed E-state index contributed by atoms with van der Waals surface area (Å²) in [6.07, 6.45) is 9.82. The van der Waals surface area contributed by atoms with E-state index in [-0.39, 0.29) is 35.4 Å². The molecular weight excluding hydrogens is 1030 g/mol. The predicted molar refractivity (Wildman–Crippen MR) is 299 cm³/mol. The SMILES string of the molecule is CC(NC(=O)c1c(CC(=O)OC(C)(C)C)nn2cccnc12)c1cc(Cl)c2cn(C)nc2c1-c1ccccc1.CC(NC(=O)c1c(CC(=O)OC(C)(C)C)nn2cccnc12)c1cc(Cl)c2cnn(C)c2c1-c1ccccc1. The van der Waals surface area contributed by atoms with Gasteiger partial charge in [-0.05, 0) is 102 Å². The fraction of sp³-hybridized carbons (Fsp3) is 0.276. The first kappa shape index (κ1) is 54.3. The van der Waals surface area contributed by atoms with Crippen LogP contribution in [0.1, 0.15) is 111 Å². The Morgan fingerprint density at radius 3 is 1.54 bits per heavy atom. The topological polar surface area (TPSA) is 207 Å². The van der Waals surface area contributed by atoms with Gasteiger partial charge in [0.2, 0.25) is 0 Å². The van der Waals surface area contributed by atoms with Gasteiger partial charge in [0.05, 0.1) is 58.1 Å². The number of hydrogen-bond acceptors (Lipinski definition) is 12. The second-order valence-electron chi connectivity index (χ2n) is 20.8. The Morgan fingerprint density at radius 1 is 0.615 bits per heavy atom. The lowest BCUT2D eigenvalue weighted by atomic mass is 9.93. The Balaban J connectivity index is 0.000000190. The van der Waals surface area contributed by atoms with Crippen molar-refractivity contribution >= 4 is 80.1 Å². The van der Waals surface area contributed by atoms with E-state index in [4.69, 9.17) is 32.7 Å². The van der Waals surface area contributed by atoms with E-state index in [0.717, 1.165) is 55.2 Å². The third-order valence-electron chi connectivity index (χ3n) is 12.5. The molecule has 0 spiro atoms. The van der Waals surface area contributed by atoms with Gasteiger partial charge < -0.3 is 20.1 Å². The molecule has 18 nitrogen and oxygen atoms in total. The molecule has 0 fully saturated rings. The van der Waals surface area contributed by atoms with E-state index in [1.54, 1.807) is 94.0 Å². The largest absolute Gasteiger partial charge is 0.460 e. The number of hydrogen-bond donors (Lipinski definition) is 2. The zero-order chi connectivity index (χ0) is 55.8. The third kappa shape index (κ3) is 11.6. The van der Waals surface area contributed by atoms with E-state index in [9.17, 15) is 19.2 Å².